The minimum atomic E-state index is -0.632. The lowest BCUT2D eigenvalue weighted by Crippen LogP contribution is -2.41. The lowest BCUT2D eigenvalue weighted by Gasteiger charge is -2.26. The first-order valence-corrected chi connectivity index (χ1v) is 7.70. The van der Waals surface area contributed by atoms with Crippen molar-refractivity contribution in [2.45, 2.75) is 12.5 Å². The van der Waals surface area contributed by atoms with Crippen LogP contribution in [-0.2, 0) is 9.59 Å². The Morgan fingerprint density at radius 3 is 2.57 bits per heavy atom. The van der Waals surface area contributed by atoms with Crippen molar-refractivity contribution < 1.29 is 9.59 Å². The summed E-state index contributed by atoms with van der Waals surface area (Å²) in [5, 5.41) is 9.30. The highest BCUT2D eigenvalue weighted by molar-refractivity contribution is 6.42. The molecule has 118 valence electrons. The van der Waals surface area contributed by atoms with E-state index in [2.05, 4.69) is 16.0 Å². The van der Waals surface area contributed by atoms with Crippen LogP contribution in [0.4, 0.5) is 17.1 Å². The maximum atomic E-state index is 12.1. The van der Waals surface area contributed by atoms with Crippen molar-refractivity contribution in [1.82, 2.24) is 0 Å². The first-order chi connectivity index (χ1) is 11.0. The number of rotatable bonds is 3. The Bertz CT molecular complexity index is 780. The Hall–Kier alpha value is -2.24. The molecule has 2 amide bonds. The minimum Gasteiger partial charge on any atom is -0.372 e. The molecular weight excluding hydrogens is 337 g/mol. The molecule has 1 heterocycles. The largest absolute Gasteiger partial charge is 0.372 e. The van der Waals surface area contributed by atoms with E-state index in [1.807, 2.05) is 18.2 Å². The van der Waals surface area contributed by atoms with Crippen LogP contribution in [0, 0.1) is 0 Å². The van der Waals surface area contributed by atoms with Gasteiger partial charge in [-0.05, 0) is 30.3 Å². The second-order valence-corrected chi connectivity index (χ2v) is 5.93. The van der Waals surface area contributed by atoms with Crippen molar-refractivity contribution in [3.8, 4) is 0 Å². The minimum absolute atomic E-state index is 0.000410. The number of benzene rings is 2. The number of amides is 2. The van der Waals surface area contributed by atoms with Gasteiger partial charge in [-0.2, -0.15) is 0 Å². The quantitative estimate of drug-likeness (QED) is 0.790. The van der Waals surface area contributed by atoms with Crippen LogP contribution in [0.5, 0.6) is 0 Å². The molecule has 0 aromatic heterocycles. The van der Waals surface area contributed by atoms with E-state index in [1.165, 1.54) is 0 Å². The molecule has 0 aliphatic carbocycles. The molecule has 0 radical (unpaired) electrons. The van der Waals surface area contributed by atoms with Gasteiger partial charge < -0.3 is 16.0 Å². The fourth-order valence-corrected chi connectivity index (χ4v) is 2.60. The Morgan fingerprint density at radius 1 is 1.09 bits per heavy atom. The van der Waals surface area contributed by atoms with Gasteiger partial charge in [0, 0.05) is 5.69 Å². The molecule has 1 aliphatic rings. The molecule has 0 unspecified atom stereocenters. The third-order valence-corrected chi connectivity index (χ3v) is 4.16. The van der Waals surface area contributed by atoms with Crippen molar-refractivity contribution in [1.29, 1.82) is 0 Å². The summed E-state index contributed by atoms with van der Waals surface area (Å²) >= 11 is 11.7. The third kappa shape index (κ3) is 3.57. The normalized spacial score (nSPS) is 16.1. The number of carbonyl (C=O) groups is 2. The molecule has 5 nitrogen and oxygen atoms in total. The van der Waals surface area contributed by atoms with Crippen molar-refractivity contribution in [3.63, 3.8) is 0 Å². The van der Waals surface area contributed by atoms with E-state index in [0.29, 0.717) is 21.4 Å². The molecule has 7 heteroatoms. The summed E-state index contributed by atoms with van der Waals surface area (Å²) in [7, 11) is 0. The summed E-state index contributed by atoms with van der Waals surface area (Å²) in [6, 6.07) is 11.5. The van der Waals surface area contributed by atoms with Crippen LogP contribution < -0.4 is 16.0 Å². The van der Waals surface area contributed by atoms with Crippen LogP contribution in [0.3, 0.4) is 0 Å². The first-order valence-electron chi connectivity index (χ1n) is 6.94. The molecule has 1 aliphatic heterocycles. The maximum Gasteiger partial charge on any atom is 0.247 e. The SMILES string of the molecule is O=C(C[C@@H]1Nc2ccccc2NC1=O)Nc1ccc(Cl)c(Cl)c1. The molecule has 23 heavy (non-hydrogen) atoms. The molecule has 0 fully saturated rings. The Balaban J connectivity index is 1.66. The van der Waals surface area contributed by atoms with Gasteiger partial charge in [-0.15, -0.1) is 0 Å². The summed E-state index contributed by atoms with van der Waals surface area (Å²) in [5.74, 6) is -0.539. The predicted molar refractivity (Wildman–Crippen MR) is 92.2 cm³/mol. The molecule has 2 aromatic carbocycles. The van der Waals surface area contributed by atoms with Gasteiger partial charge in [0.25, 0.3) is 0 Å². The second-order valence-electron chi connectivity index (χ2n) is 5.11. The monoisotopic (exact) mass is 349 g/mol. The number of carbonyl (C=O) groups excluding carboxylic acids is 2. The van der Waals surface area contributed by atoms with Gasteiger partial charge in [0.1, 0.15) is 6.04 Å². The summed E-state index contributed by atoms with van der Waals surface area (Å²) in [6.07, 6.45) is 0.000410. The molecule has 2 aromatic rings. The van der Waals surface area contributed by atoms with E-state index in [0.717, 1.165) is 5.69 Å². The Labute approximate surface area is 143 Å². The molecule has 1 atom stereocenters. The molecule has 0 saturated carbocycles. The van der Waals surface area contributed by atoms with Crippen LogP contribution in [0.15, 0.2) is 42.5 Å². The van der Waals surface area contributed by atoms with Gasteiger partial charge in [0.15, 0.2) is 0 Å². The number of para-hydroxylation sites is 2. The first kappa shape index (κ1) is 15.6. The Kier molecular flexibility index (Phi) is 4.41. The lowest BCUT2D eigenvalue weighted by molar-refractivity contribution is -0.122. The number of anilines is 3. The van der Waals surface area contributed by atoms with Gasteiger partial charge >= 0.3 is 0 Å². The summed E-state index contributed by atoms with van der Waals surface area (Å²) in [4.78, 5) is 24.2. The summed E-state index contributed by atoms with van der Waals surface area (Å²) < 4.78 is 0. The summed E-state index contributed by atoms with van der Waals surface area (Å²) in [5.41, 5.74) is 2.03. The van der Waals surface area contributed by atoms with Crippen LogP contribution >= 0.6 is 23.2 Å². The highest BCUT2D eigenvalue weighted by Crippen LogP contribution is 2.27. The number of hydrogen-bond acceptors (Lipinski definition) is 3. The highest BCUT2D eigenvalue weighted by atomic mass is 35.5. The van der Waals surface area contributed by atoms with Gasteiger partial charge in [-0.25, -0.2) is 0 Å². The molecule has 0 bridgehead atoms. The number of fused-ring (bicyclic) bond motifs is 1. The van der Waals surface area contributed by atoms with Gasteiger partial charge in [-0.3, -0.25) is 9.59 Å². The fourth-order valence-electron chi connectivity index (χ4n) is 2.31. The van der Waals surface area contributed by atoms with E-state index in [-0.39, 0.29) is 18.2 Å². The van der Waals surface area contributed by atoms with Crippen LogP contribution in [0.2, 0.25) is 10.0 Å². The smallest absolute Gasteiger partial charge is 0.247 e. The standard InChI is InChI=1S/C16H13Cl2N3O2/c17-10-6-5-9(7-11(10)18)19-15(22)8-14-16(23)21-13-4-2-1-3-12(13)20-14/h1-7,14,20H,8H2,(H,19,22)(H,21,23)/t14-/m0/s1. The number of nitrogens with one attached hydrogen (secondary N) is 3. The van der Waals surface area contributed by atoms with Crippen LogP contribution in [-0.4, -0.2) is 17.9 Å². The zero-order valence-electron chi connectivity index (χ0n) is 11.9. The van der Waals surface area contributed by atoms with Crippen LogP contribution in [0.1, 0.15) is 6.42 Å². The Morgan fingerprint density at radius 2 is 1.83 bits per heavy atom. The zero-order valence-corrected chi connectivity index (χ0v) is 13.4. The average Bonchev–Trinajstić information content (AvgIpc) is 2.51. The fraction of sp³-hybridized carbons (Fsp3) is 0.125. The number of halogens is 2. The van der Waals surface area contributed by atoms with Crippen LogP contribution in [0.25, 0.3) is 0 Å². The van der Waals surface area contributed by atoms with E-state index in [9.17, 15) is 9.59 Å². The van der Waals surface area contributed by atoms with E-state index < -0.39 is 6.04 Å². The molecule has 3 rings (SSSR count). The third-order valence-electron chi connectivity index (χ3n) is 3.42. The number of hydrogen-bond donors (Lipinski definition) is 3. The topological polar surface area (TPSA) is 70.2 Å². The van der Waals surface area contributed by atoms with Crippen molar-refractivity contribution in [3.05, 3.63) is 52.5 Å². The van der Waals surface area contributed by atoms with E-state index in [1.54, 1.807) is 24.3 Å². The van der Waals surface area contributed by atoms with Crippen molar-refractivity contribution in [2.75, 3.05) is 16.0 Å². The highest BCUT2D eigenvalue weighted by Gasteiger charge is 2.27. The van der Waals surface area contributed by atoms with Gasteiger partial charge in [-0.1, -0.05) is 35.3 Å². The van der Waals surface area contributed by atoms with E-state index >= 15 is 0 Å². The predicted octanol–water partition coefficient (Wildman–Crippen LogP) is 3.75. The van der Waals surface area contributed by atoms with E-state index in [4.69, 9.17) is 23.2 Å². The average molecular weight is 350 g/mol. The maximum absolute atomic E-state index is 12.1. The molecule has 3 N–H and O–H groups in total. The molecule has 0 spiro atoms. The zero-order chi connectivity index (χ0) is 16.4. The molecular formula is C16H13Cl2N3O2. The lowest BCUT2D eigenvalue weighted by atomic mass is 10.1. The van der Waals surface area contributed by atoms with Gasteiger partial charge in [0.05, 0.1) is 27.8 Å². The second kappa shape index (κ2) is 6.48. The molecule has 0 saturated heterocycles. The van der Waals surface area contributed by atoms with Crippen molar-refractivity contribution in [2.24, 2.45) is 0 Å². The van der Waals surface area contributed by atoms with Crippen molar-refractivity contribution >= 4 is 52.1 Å². The van der Waals surface area contributed by atoms with Gasteiger partial charge in [0.2, 0.25) is 11.8 Å². The summed E-state index contributed by atoms with van der Waals surface area (Å²) in [6.45, 7) is 0.